The molecule has 1 saturated heterocycles. The van der Waals surface area contributed by atoms with E-state index < -0.39 is 5.82 Å². The number of carbonyl (C=O) groups is 1. The smallest absolute Gasteiger partial charge is 0.262 e. The summed E-state index contributed by atoms with van der Waals surface area (Å²) in [6.07, 6.45) is 7.70. The van der Waals surface area contributed by atoms with Gasteiger partial charge in [0.1, 0.15) is 23.0 Å². The number of nitrogens with one attached hydrogen (secondary N) is 2. The molecule has 0 radical (unpaired) electrons. The van der Waals surface area contributed by atoms with E-state index in [0.717, 1.165) is 25.6 Å². The average Bonchev–Trinajstić information content (AvgIpc) is 3.52. The Morgan fingerprint density at radius 3 is 3.00 bits per heavy atom. The molecule has 0 aliphatic carbocycles. The summed E-state index contributed by atoms with van der Waals surface area (Å²) < 4.78 is 20.8. The van der Waals surface area contributed by atoms with Crippen LogP contribution in [0.25, 0.3) is 5.65 Å². The highest BCUT2D eigenvalue weighted by atomic mass is 19.1. The molecule has 4 aromatic rings. The van der Waals surface area contributed by atoms with E-state index in [1.807, 2.05) is 6.07 Å². The number of anilines is 2. The maximum atomic E-state index is 13.9. The Morgan fingerprint density at radius 2 is 2.22 bits per heavy atom. The second-order valence-corrected chi connectivity index (χ2v) is 7.54. The summed E-state index contributed by atoms with van der Waals surface area (Å²) in [6, 6.07) is 3.14. The van der Waals surface area contributed by atoms with Crippen molar-refractivity contribution in [2.75, 3.05) is 23.9 Å². The predicted molar refractivity (Wildman–Crippen MR) is 114 cm³/mol. The highest BCUT2D eigenvalue weighted by Gasteiger charge is 2.31. The zero-order chi connectivity index (χ0) is 22.2. The first kappa shape index (κ1) is 19.9. The van der Waals surface area contributed by atoms with Crippen LogP contribution in [0.15, 0.2) is 36.9 Å². The summed E-state index contributed by atoms with van der Waals surface area (Å²) in [7, 11) is 1.52. The van der Waals surface area contributed by atoms with Gasteiger partial charge in [-0.15, -0.1) is 0 Å². The van der Waals surface area contributed by atoms with E-state index in [-0.39, 0.29) is 11.9 Å². The SMILES string of the molecule is COc1ncc(F)cc1C1CCCN1c1ccn2ncc(C(=O)Nc3c[nH]c(C)n3)c2n1. The van der Waals surface area contributed by atoms with Crippen molar-refractivity contribution in [2.45, 2.75) is 25.8 Å². The fourth-order valence-electron chi connectivity index (χ4n) is 4.06. The number of pyridine rings is 1. The van der Waals surface area contributed by atoms with Gasteiger partial charge in [-0.25, -0.2) is 23.9 Å². The molecule has 0 aromatic carbocycles. The van der Waals surface area contributed by atoms with Crippen molar-refractivity contribution >= 4 is 23.2 Å². The first-order valence-electron chi connectivity index (χ1n) is 10.2. The lowest BCUT2D eigenvalue weighted by atomic mass is 10.1. The largest absolute Gasteiger partial charge is 0.481 e. The van der Waals surface area contributed by atoms with Crippen molar-refractivity contribution in [1.82, 2.24) is 29.5 Å². The van der Waals surface area contributed by atoms with Gasteiger partial charge in [0.25, 0.3) is 5.91 Å². The van der Waals surface area contributed by atoms with Crippen LogP contribution in [0.2, 0.25) is 0 Å². The number of hydrogen-bond acceptors (Lipinski definition) is 7. The highest BCUT2D eigenvalue weighted by Crippen LogP contribution is 2.38. The molecule has 10 nitrogen and oxygen atoms in total. The predicted octanol–water partition coefficient (Wildman–Crippen LogP) is 2.90. The summed E-state index contributed by atoms with van der Waals surface area (Å²) in [5.41, 5.74) is 1.42. The summed E-state index contributed by atoms with van der Waals surface area (Å²) in [6.45, 7) is 2.53. The number of amides is 1. The van der Waals surface area contributed by atoms with Crippen LogP contribution in [0.4, 0.5) is 16.0 Å². The molecule has 1 unspecified atom stereocenters. The maximum absolute atomic E-state index is 13.9. The zero-order valence-corrected chi connectivity index (χ0v) is 17.5. The molecule has 1 aliphatic rings. The summed E-state index contributed by atoms with van der Waals surface area (Å²) in [5.74, 6) is 1.40. The van der Waals surface area contributed by atoms with Gasteiger partial charge in [-0.05, 0) is 31.9 Å². The maximum Gasteiger partial charge on any atom is 0.262 e. The molecule has 11 heteroatoms. The van der Waals surface area contributed by atoms with Crippen molar-refractivity contribution in [3.05, 3.63) is 59.7 Å². The topological polar surface area (TPSA) is 113 Å². The fourth-order valence-corrected chi connectivity index (χ4v) is 4.06. The highest BCUT2D eigenvalue weighted by molar-refractivity contribution is 6.07. The second kappa shape index (κ2) is 7.91. The van der Waals surface area contributed by atoms with Crippen molar-refractivity contribution in [2.24, 2.45) is 0 Å². The number of carbonyl (C=O) groups excluding carboxylic acids is 1. The standard InChI is InChI=1S/C21H21FN8O2/c1-12-23-11-17(26-12)27-20(31)15-10-25-30-7-5-18(28-19(15)30)29-6-3-4-16(29)14-8-13(22)9-24-21(14)32-2/h5,7-11,16H,3-4,6H2,1-2H3,(H,23,26)(H,27,31). The van der Waals surface area contributed by atoms with Gasteiger partial charge in [-0.2, -0.15) is 5.10 Å². The lowest BCUT2D eigenvalue weighted by Crippen LogP contribution is -2.24. The number of nitrogens with zero attached hydrogens (tertiary/aromatic N) is 6. The Bertz CT molecular complexity index is 1300. The normalized spacial score (nSPS) is 16.0. The molecule has 164 valence electrons. The first-order valence-corrected chi connectivity index (χ1v) is 10.2. The molecule has 1 amide bonds. The van der Waals surface area contributed by atoms with E-state index in [1.165, 1.54) is 19.4 Å². The molecule has 32 heavy (non-hydrogen) atoms. The number of aromatic amines is 1. The van der Waals surface area contributed by atoms with E-state index in [9.17, 15) is 9.18 Å². The van der Waals surface area contributed by atoms with Crippen LogP contribution in [0, 0.1) is 12.7 Å². The van der Waals surface area contributed by atoms with Crippen LogP contribution in [0.5, 0.6) is 5.88 Å². The minimum Gasteiger partial charge on any atom is -0.481 e. The lowest BCUT2D eigenvalue weighted by molar-refractivity contribution is 0.102. The Labute approximate surface area is 182 Å². The van der Waals surface area contributed by atoms with E-state index >= 15 is 0 Å². The van der Waals surface area contributed by atoms with E-state index in [2.05, 4.69) is 30.3 Å². The molecule has 5 heterocycles. The Morgan fingerprint density at radius 1 is 1.34 bits per heavy atom. The number of H-pyrrole nitrogens is 1. The van der Waals surface area contributed by atoms with Crippen LogP contribution < -0.4 is 15.0 Å². The number of ether oxygens (including phenoxy) is 1. The van der Waals surface area contributed by atoms with Gasteiger partial charge in [0.15, 0.2) is 11.5 Å². The third-order valence-corrected chi connectivity index (χ3v) is 5.49. The lowest BCUT2D eigenvalue weighted by Gasteiger charge is -2.26. The molecule has 4 aromatic heterocycles. The van der Waals surface area contributed by atoms with Gasteiger partial charge < -0.3 is 19.9 Å². The molecule has 2 N–H and O–H groups in total. The first-order chi connectivity index (χ1) is 15.5. The number of rotatable bonds is 5. The number of halogens is 1. The molecule has 0 spiro atoms. The summed E-state index contributed by atoms with van der Waals surface area (Å²) >= 11 is 0. The molecule has 0 saturated carbocycles. The Balaban J connectivity index is 1.49. The number of hydrogen-bond donors (Lipinski definition) is 2. The molecule has 1 atom stereocenters. The molecular formula is C21H21FN8O2. The van der Waals surface area contributed by atoms with Gasteiger partial charge in [-0.3, -0.25) is 4.79 Å². The van der Waals surface area contributed by atoms with Crippen LogP contribution in [0.1, 0.15) is 40.6 Å². The van der Waals surface area contributed by atoms with Gasteiger partial charge in [0.2, 0.25) is 5.88 Å². The fraction of sp³-hybridized carbons (Fsp3) is 0.286. The molecule has 5 rings (SSSR count). The van der Waals surface area contributed by atoms with Crippen LogP contribution in [-0.2, 0) is 0 Å². The van der Waals surface area contributed by atoms with E-state index in [1.54, 1.807) is 23.8 Å². The molecular weight excluding hydrogens is 415 g/mol. The van der Waals surface area contributed by atoms with Crippen molar-refractivity contribution in [3.63, 3.8) is 0 Å². The Hall–Kier alpha value is -4.02. The molecule has 1 aliphatic heterocycles. The van der Waals surface area contributed by atoms with Gasteiger partial charge in [0.05, 0.1) is 25.5 Å². The number of fused-ring (bicyclic) bond motifs is 1. The van der Waals surface area contributed by atoms with Crippen molar-refractivity contribution < 1.29 is 13.9 Å². The minimum atomic E-state index is -0.417. The number of imidazole rings is 1. The third kappa shape index (κ3) is 3.51. The zero-order valence-electron chi connectivity index (χ0n) is 17.5. The molecule has 1 fully saturated rings. The third-order valence-electron chi connectivity index (χ3n) is 5.49. The van der Waals surface area contributed by atoms with Crippen molar-refractivity contribution in [3.8, 4) is 5.88 Å². The van der Waals surface area contributed by atoms with Gasteiger partial charge in [-0.1, -0.05) is 0 Å². The van der Waals surface area contributed by atoms with Gasteiger partial charge in [0, 0.05) is 24.5 Å². The minimum absolute atomic E-state index is 0.143. The summed E-state index contributed by atoms with van der Waals surface area (Å²) in [4.78, 5) is 30.8. The summed E-state index contributed by atoms with van der Waals surface area (Å²) in [5, 5.41) is 6.98. The molecule has 0 bridgehead atoms. The van der Waals surface area contributed by atoms with Gasteiger partial charge >= 0.3 is 0 Å². The number of methoxy groups -OCH3 is 1. The number of aryl methyl sites for hydroxylation is 1. The van der Waals surface area contributed by atoms with Crippen molar-refractivity contribution in [1.29, 1.82) is 0 Å². The Kier molecular flexibility index (Phi) is 4.92. The second-order valence-electron chi connectivity index (χ2n) is 7.54. The average molecular weight is 436 g/mol. The van der Waals surface area contributed by atoms with E-state index in [4.69, 9.17) is 9.72 Å². The number of aromatic nitrogens is 6. The van der Waals surface area contributed by atoms with E-state index in [0.29, 0.717) is 40.1 Å². The monoisotopic (exact) mass is 436 g/mol. The quantitative estimate of drug-likeness (QED) is 0.495. The van der Waals surface area contributed by atoms with Crippen LogP contribution in [-0.4, -0.2) is 49.1 Å². The van der Waals surface area contributed by atoms with Crippen LogP contribution in [0.3, 0.4) is 0 Å². The van der Waals surface area contributed by atoms with Crippen LogP contribution >= 0.6 is 0 Å².